The highest BCUT2D eigenvalue weighted by molar-refractivity contribution is 8.00. The molecule has 0 saturated heterocycles. The van der Waals surface area contributed by atoms with Crippen molar-refractivity contribution in [1.82, 2.24) is 10.3 Å². The van der Waals surface area contributed by atoms with Crippen molar-refractivity contribution in [2.24, 2.45) is 0 Å². The molecule has 0 saturated carbocycles. The molecule has 0 fully saturated rings. The van der Waals surface area contributed by atoms with E-state index in [0.29, 0.717) is 10.6 Å². The smallest absolute Gasteiger partial charge is 0.230 e. The fraction of sp³-hybridized carbons (Fsp3) is 0.381. The van der Waals surface area contributed by atoms with Gasteiger partial charge in [0.2, 0.25) is 5.91 Å². The molecule has 4 nitrogen and oxygen atoms in total. The first-order valence-electron chi connectivity index (χ1n) is 8.89. The number of aromatic nitrogens is 1. The third-order valence-corrected chi connectivity index (χ3v) is 6.10. The molecule has 26 heavy (non-hydrogen) atoms. The van der Waals surface area contributed by atoms with Gasteiger partial charge in [0.25, 0.3) is 0 Å². The fourth-order valence-electron chi connectivity index (χ4n) is 3.42. The first-order valence-corrected chi connectivity index (χ1v) is 9.87. The van der Waals surface area contributed by atoms with Crippen molar-refractivity contribution in [3.63, 3.8) is 0 Å². The highest BCUT2D eigenvalue weighted by Crippen LogP contribution is 2.30. The molecule has 134 valence electrons. The van der Waals surface area contributed by atoms with E-state index in [0.717, 1.165) is 36.1 Å². The minimum atomic E-state index is -0.0155. The molecular formula is C21H23N3OS. The maximum Gasteiger partial charge on any atom is 0.230 e. The van der Waals surface area contributed by atoms with E-state index in [4.69, 9.17) is 0 Å². The molecule has 0 radical (unpaired) electrons. The lowest BCUT2D eigenvalue weighted by atomic mass is 9.88. The Hall–Kier alpha value is -2.32. The topological polar surface area (TPSA) is 65.8 Å². The van der Waals surface area contributed by atoms with E-state index >= 15 is 0 Å². The number of fused-ring (bicyclic) bond motifs is 1. The summed E-state index contributed by atoms with van der Waals surface area (Å²) in [5.41, 5.74) is 6.03. The van der Waals surface area contributed by atoms with Crippen LogP contribution in [0.4, 0.5) is 0 Å². The number of nitrogens with zero attached hydrogens (tertiary/aromatic N) is 2. The fourth-order valence-corrected chi connectivity index (χ4v) is 4.32. The number of amides is 1. The molecule has 2 aromatic rings. The molecule has 0 aliphatic heterocycles. The van der Waals surface area contributed by atoms with Gasteiger partial charge in [-0.25, -0.2) is 4.98 Å². The Kier molecular flexibility index (Phi) is 5.63. The number of aryl methyl sites for hydroxylation is 2. The predicted octanol–water partition coefficient (Wildman–Crippen LogP) is 4.16. The molecule has 1 aliphatic rings. The van der Waals surface area contributed by atoms with Crippen LogP contribution in [0.25, 0.3) is 0 Å². The summed E-state index contributed by atoms with van der Waals surface area (Å²) >= 11 is 1.34. The number of nitriles is 1. The number of thioether (sulfide) groups is 1. The molecule has 1 amide bonds. The second kappa shape index (κ2) is 7.92. The number of hydrogen-bond donors (Lipinski definition) is 1. The Labute approximate surface area is 159 Å². The van der Waals surface area contributed by atoms with Crippen LogP contribution in [0.5, 0.6) is 0 Å². The van der Waals surface area contributed by atoms with Crippen LogP contribution in [-0.4, -0.2) is 16.6 Å². The zero-order valence-electron chi connectivity index (χ0n) is 15.4. The van der Waals surface area contributed by atoms with Crippen LogP contribution in [0, 0.1) is 32.1 Å². The second-order valence-corrected chi connectivity index (χ2v) is 7.70. The Bertz CT molecular complexity index is 886. The van der Waals surface area contributed by atoms with Gasteiger partial charge in [0.1, 0.15) is 11.1 Å². The SMILES string of the molecule is Cc1nc(SCC(=O)N[C@@H]2CCCc3ccccc32)c(C#N)c(C)c1C. The van der Waals surface area contributed by atoms with Crippen molar-refractivity contribution < 1.29 is 4.79 Å². The maximum absolute atomic E-state index is 12.5. The summed E-state index contributed by atoms with van der Waals surface area (Å²) in [4.78, 5) is 17.0. The molecule has 0 bridgehead atoms. The summed E-state index contributed by atoms with van der Waals surface area (Å²) < 4.78 is 0. The first kappa shape index (κ1) is 18.5. The zero-order chi connectivity index (χ0) is 18.7. The summed E-state index contributed by atoms with van der Waals surface area (Å²) in [6.07, 6.45) is 3.14. The Morgan fingerprint density at radius 3 is 2.85 bits per heavy atom. The number of carbonyl (C=O) groups excluding carboxylic acids is 1. The van der Waals surface area contributed by atoms with Crippen LogP contribution in [0.2, 0.25) is 0 Å². The third-order valence-electron chi connectivity index (χ3n) is 5.12. The van der Waals surface area contributed by atoms with Crippen molar-refractivity contribution in [3.05, 3.63) is 57.8 Å². The van der Waals surface area contributed by atoms with Gasteiger partial charge in [-0.1, -0.05) is 36.0 Å². The van der Waals surface area contributed by atoms with Gasteiger partial charge in [-0.2, -0.15) is 5.26 Å². The third kappa shape index (κ3) is 3.76. The minimum Gasteiger partial charge on any atom is -0.349 e. The van der Waals surface area contributed by atoms with Crippen LogP contribution in [0.3, 0.4) is 0 Å². The number of benzene rings is 1. The zero-order valence-corrected chi connectivity index (χ0v) is 16.2. The standard InChI is InChI=1S/C21H23N3OS/c1-13-14(2)18(11-22)21(23-15(13)3)26-12-20(25)24-19-10-6-8-16-7-4-5-9-17(16)19/h4-5,7,9,19H,6,8,10,12H2,1-3H3,(H,24,25)/t19-/m1/s1. The van der Waals surface area contributed by atoms with Gasteiger partial charge in [0.15, 0.2) is 0 Å². The quantitative estimate of drug-likeness (QED) is 0.826. The average Bonchev–Trinajstić information content (AvgIpc) is 2.65. The summed E-state index contributed by atoms with van der Waals surface area (Å²) in [5.74, 6) is 0.251. The largest absolute Gasteiger partial charge is 0.349 e. The van der Waals surface area contributed by atoms with E-state index in [1.165, 1.54) is 22.9 Å². The van der Waals surface area contributed by atoms with E-state index in [1.807, 2.05) is 26.8 Å². The van der Waals surface area contributed by atoms with E-state index in [1.54, 1.807) is 0 Å². The number of rotatable bonds is 4. The highest BCUT2D eigenvalue weighted by Gasteiger charge is 2.22. The number of hydrogen-bond acceptors (Lipinski definition) is 4. The molecule has 1 heterocycles. The van der Waals surface area contributed by atoms with Crippen LogP contribution in [0.1, 0.15) is 52.4 Å². The number of carbonyl (C=O) groups is 1. The van der Waals surface area contributed by atoms with E-state index in [2.05, 4.69) is 34.6 Å². The van der Waals surface area contributed by atoms with E-state index in [-0.39, 0.29) is 17.7 Å². The molecule has 1 aromatic carbocycles. The molecular weight excluding hydrogens is 342 g/mol. The van der Waals surface area contributed by atoms with E-state index in [9.17, 15) is 10.1 Å². The number of nitrogens with one attached hydrogen (secondary N) is 1. The normalized spacial score (nSPS) is 15.8. The summed E-state index contributed by atoms with van der Waals surface area (Å²) in [6, 6.07) is 10.6. The van der Waals surface area contributed by atoms with E-state index < -0.39 is 0 Å². The lowest BCUT2D eigenvalue weighted by molar-refractivity contribution is -0.119. The molecule has 0 spiro atoms. The lowest BCUT2D eigenvalue weighted by Crippen LogP contribution is -2.32. The van der Waals surface area contributed by atoms with Crippen molar-refractivity contribution in [2.45, 2.75) is 51.1 Å². The van der Waals surface area contributed by atoms with Gasteiger partial charge in [0.05, 0.1) is 17.4 Å². The molecule has 1 atom stereocenters. The second-order valence-electron chi connectivity index (χ2n) is 6.74. The Balaban J connectivity index is 1.69. The molecule has 1 N–H and O–H groups in total. The summed E-state index contributed by atoms with van der Waals surface area (Å²) in [5, 5.41) is 13.2. The molecule has 5 heteroatoms. The van der Waals surface area contributed by atoms with Crippen molar-refractivity contribution in [3.8, 4) is 6.07 Å². The Morgan fingerprint density at radius 2 is 2.08 bits per heavy atom. The Morgan fingerprint density at radius 1 is 1.31 bits per heavy atom. The molecule has 0 unspecified atom stereocenters. The highest BCUT2D eigenvalue weighted by atomic mass is 32.2. The summed E-state index contributed by atoms with van der Waals surface area (Å²) in [6.45, 7) is 5.85. The average molecular weight is 366 g/mol. The predicted molar refractivity (Wildman–Crippen MR) is 104 cm³/mol. The molecule has 1 aliphatic carbocycles. The molecule has 1 aromatic heterocycles. The monoisotopic (exact) mass is 365 g/mol. The van der Waals surface area contributed by atoms with Crippen molar-refractivity contribution >= 4 is 17.7 Å². The summed E-state index contributed by atoms with van der Waals surface area (Å²) in [7, 11) is 0. The molecule has 3 rings (SSSR count). The first-order chi connectivity index (χ1) is 12.5. The van der Waals surface area contributed by atoms with Gasteiger partial charge in [0, 0.05) is 5.69 Å². The van der Waals surface area contributed by atoms with Crippen molar-refractivity contribution in [1.29, 1.82) is 5.26 Å². The lowest BCUT2D eigenvalue weighted by Gasteiger charge is -2.26. The maximum atomic E-state index is 12.5. The van der Waals surface area contributed by atoms with Gasteiger partial charge < -0.3 is 5.32 Å². The number of pyridine rings is 1. The minimum absolute atomic E-state index is 0.0155. The van der Waals surface area contributed by atoms with Gasteiger partial charge >= 0.3 is 0 Å². The van der Waals surface area contributed by atoms with Crippen LogP contribution in [0.15, 0.2) is 29.3 Å². The van der Waals surface area contributed by atoms with Crippen molar-refractivity contribution in [2.75, 3.05) is 5.75 Å². The van der Waals surface area contributed by atoms with Gasteiger partial charge in [-0.05, 0) is 62.3 Å². The van der Waals surface area contributed by atoms with Crippen LogP contribution in [-0.2, 0) is 11.2 Å². The van der Waals surface area contributed by atoms with Gasteiger partial charge in [-0.15, -0.1) is 0 Å². The van der Waals surface area contributed by atoms with Gasteiger partial charge in [-0.3, -0.25) is 4.79 Å². The van der Waals surface area contributed by atoms with Crippen LogP contribution < -0.4 is 5.32 Å². The van der Waals surface area contributed by atoms with Crippen LogP contribution >= 0.6 is 11.8 Å².